The molecule has 126 valence electrons. The van der Waals surface area contributed by atoms with Crippen molar-refractivity contribution in [2.24, 2.45) is 0 Å². The molecule has 0 spiro atoms. The predicted octanol–water partition coefficient (Wildman–Crippen LogP) is 2.46. The number of hydrogen-bond donors (Lipinski definition) is 1. The van der Waals surface area contributed by atoms with Gasteiger partial charge in [-0.3, -0.25) is 9.88 Å². The molecule has 0 unspecified atom stereocenters. The first kappa shape index (κ1) is 16.4. The fraction of sp³-hybridized carbons (Fsp3) is 0.333. The molecule has 1 N–H and O–H groups in total. The first-order valence-electron chi connectivity index (χ1n) is 8.09. The van der Waals surface area contributed by atoms with E-state index < -0.39 is 0 Å². The molecule has 0 fully saturated rings. The average molecular weight is 326 g/mol. The van der Waals surface area contributed by atoms with E-state index in [1.165, 1.54) is 5.56 Å². The first-order valence-corrected chi connectivity index (χ1v) is 8.09. The Labute approximate surface area is 141 Å². The van der Waals surface area contributed by atoms with Crippen LogP contribution in [0.5, 0.6) is 0 Å². The molecule has 6 nitrogen and oxygen atoms in total. The third-order valence-corrected chi connectivity index (χ3v) is 3.83. The van der Waals surface area contributed by atoms with Crippen molar-refractivity contribution in [3.05, 3.63) is 72.5 Å². The quantitative estimate of drug-likeness (QED) is 0.654. The Balaban J connectivity index is 1.60. The molecular formula is C18H22N4O2. The van der Waals surface area contributed by atoms with Crippen LogP contribution in [0.3, 0.4) is 0 Å². The topological polar surface area (TPSA) is 67.3 Å². The minimum Gasteiger partial charge on any atom is -0.462 e. The maximum Gasteiger partial charge on any atom is 0.129 e. The highest BCUT2D eigenvalue weighted by Gasteiger charge is 2.10. The van der Waals surface area contributed by atoms with Crippen LogP contribution in [0.15, 0.2) is 59.8 Å². The molecule has 3 aromatic rings. The number of aryl methyl sites for hydroxylation is 1. The second-order valence-electron chi connectivity index (χ2n) is 5.75. The number of aliphatic hydroxyl groups excluding tert-OH is 1. The van der Waals surface area contributed by atoms with Gasteiger partial charge in [0, 0.05) is 44.4 Å². The second-order valence-corrected chi connectivity index (χ2v) is 5.75. The van der Waals surface area contributed by atoms with E-state index in [2.05, 4.69) is 25.5 Å². The number of hydrogen-bond acceptors (Lipinski definition) is 5. The molecule has 0 saturated carbocycles. The lowest BCUT2D eigenvalue weighted by atomic mass is 10.2. The molecule has 0 bridgehead atoms. The van der Waals surface area contributed by atoms with Gasteiger partial charge in [0.25, 0.3) is 0 Å². The first-order chi connectivity index (χ1) is 11.8. The molecule has 0 aliphatic rings. The van der Waals surface area contributed by atoms with Gasteiger partial charge in [-0.25, -0.2) is 4.98 Å². The Morgan fingerprint density at radius 2 is 2.00 bits per heavy atom. The van der Waals surface area contributed by atoms with E-state index in [0.717, 1.165) is 31.8 Å². The molecule has 3 aromatic heterocycles. The minimum atomic E-state index is -0.0662. The summed E-state index contributed by atoms with van der Waals surface area (Å²) in [5.41, 5.74) is 1.18. The second kappa shape index (κ2) is 8.42. The lowest BCUT2D eigenvalue weighted by Crippen LogP contribution is -2.24. The lowest BCUT2D eigenvalue weighted by molar-refractivity contribution is 0.210. The average Bonchev–Trinajstić information content (AvgIpc) is 3.27. The van der Waals surface area contributed by atoms with Gasteiger partial charge in [-0.2, -0.15) is 0 Å². The van der Waals surface area contributed by atoms with Gasteiger partial charge in [0.2, 0.25) is 0 Å². The number of pyridine rings is 1. The number of rotatable bonds is 9. The Kier molecular flexibility index (Phi) is 5.76. The summed E-state index contributed by atoms with van der Waals surface area (Å²) in [6, 6.07) is 7.79. The van der Waals surface area contributed by atoms with Crippen molar-refractivity contribution in [2.45, 2.75) is 32.7 Å². The summed E-state index contributed by atoms with van der Waals surface area (Å²) in [6.07, 6.45) is 10.3. The third kappa shape index (κ3) is 4.78. The third-order valence-electron chi connectivity index (χ3n) is 3.83. The molecule has 0 aliphatic carbocycles. The Morgan fingerprint density at radius 1 is 1.08 bits per heavy atom. The van der Waals surface area contributed by atoms with Crippen molar-refractivity contribution >= 4 is 0 Å². The predicted molar refractivity (Wildman–Crippen MR) is 89.8 cm³/mol. The highest BCUT2D eigenvalue weighted by Crippen LogP contribution is 2.13. The van der Waals surface area contributed by atoms with Gasteiger partial charge >= 0.3 is 0 Å². The summed E-state index contributed by atoms with van der Waals surface area (Å²) in [5, 5.41) is 9.14. The summed E-state index contributed by atoms with van der Waals surface area (Å²) in [7, 11) is 0. The van der Waals surface area contributed by atoms with E-state index in [0.29, 0.717) is 12.3 Å². The molecule has 0 saturated heterocycles. The largest absolute Gasteiger partial charge is 0.462 e. The molecule has 0 aliphatic heterocycles. The van der Waals surface area contributed by atoms with E-state index in [1.807, 2.05) is 36.9 Å². The zero-order valence-corrected chi connectivity index (χ0v) is 13.6. The fourth-order valence-electron chi connectivity index (χ4n) is 2.67. The van der Waals surface area contributed by atoms with Crippen molar-refractivity contribution in [1.29, 1.82) is 0 Å². The SMILES string of the molecule is OCc1ccc(CN(CCCn2ccnc2)Cc2cccnc2)o1. The maximum atomic E-state index is 9.14. The summed E-state index contributed by atoms with van der Waals surface area (Å²) in [4.78, 5) is 10.6. The van der Waals surface area contributed by atoms with Crippen molar-refractivity contribution in [1.82, 2.24) is 19.4 Å². The van der Waals surface area contributed by atoms with Gasteiger partial charge in [0.05, 0.1) is 12.9 Å². The zero-order chi connectivity index (χ0) is 16.6. The van der Waals surface area contributed by atoms with Gasteiger partial charge in [-0.1, -0.05) is 6.07 Å². The molecule has 24 heavy (non-hydrogen) atoms. The highest BCUT2D eigenvalue weighted by atomic mass is 16.4. The van der Waals surface area contributed by atoms with Gasteiger partial charge in [-0.15, -0.1) is 0 Å². The standard InChI is InChI=1S/C18H22N4O2/c23-14-18-5-4-17(24-18)13-22(12-16-3-1-6-19-11-16)9-2-8-21-10-7-20-15-21/h1,3-7,10-11,15,23H,2,8-9,12-14H2. The smallest absolute Gasteiger partial charge is 0.129 e. The van der Waals surface area contributed by atoms with Gasteiger partial charge in [0.15, 0.2) is 0 Å². The normalized spacial score (nSPS) is 11.2. The number of imidazole rings is 1. The summed E-state index contributed by atoms with van der Waals surface area (Å²) >= 11 is 0. The van der Waals surface area contributed by atoms with Crippen LogP contribution in [0.2, 0.25) is 0 Å². The minimum absolute atomic E-state index is 0.0662. The van der Waals surface area contributed by atoms with Crippen molar-refractivity contribution in [2.75, 3.05) is 6.54 Å². The van der Waals surface area contributed by atoms with E-state index in [1.54, 1.807) is 12.4 Å². The number of aromatic nitrogens is 3. The number of aliphatic hydroxyl groups is 1. The van der Waals surface area contributed by atoms with Crippen LogP contribution >= 0.6 is 0 Å². The summed E-state index contributed by atoms with van der Waals surface area (Å²) < 4.78 is 7.71. The van der Waals surface area contributed by atoms with Gasteiger partial charge < -0.3 is 14.1 Å². The molecule has 6 heteroatoms. The van der Waals surface area contributed by atoms with Crippen molar-refractivity contribution in [3.8, 4) is 0 Å². The van der Waals surface area contributed by atoms with Crippen LogP contribution in [0, 0.1) is 0 Å². The van der Waals surface area contributed by atoms with E-state index in [9.17, 15) is 0 Å². The van der Waals surface area contributed by atoms with Crippen LogP contribution in [0.1, 0.15) is 23.5 Å². The Bertz CT molecular complexity index is 710. The Hall–Kier alpha value is -2.44. The number of nitrogens with zero attached hydrogens (tertiary/aromatic N) is 4. The van der Waals surface area contributed by atoms with Crippen molar-refractivity contribution < 1.29 is 9.52 Å². The van der Waals surface area contributed by atoms with Crippen LogP contribution in [0.25, 0.3) is 0 Å². The van der Waals surface area contributed by atoms with Crippen LogP contribution in [0.4, 0.5) is 0 Å². The molecule has 3 heterocycles. The zero-order valence-electron chi connectivity index (χ0n) is 13.6. The highest BCUT2D eigenvalue weighted by molar-refractivity contribution is 5.10. The monoisotopic (exact) mass is 326 g/mol. The fourth-order valence-corrected chi connectivity index (χ4v) is 2.67. The van der Waals surface area contributed by atoms with Crippen molar-refractivity contribution in [3.63, 3.8) is 0 Å². The maximum absolute atomic E-state index is 9.14. The summed E-state index contributed by atoms with van der Waals surface area (Å²) in [5.74, 6) is 1.47. The van der Waals surface area contributed by atoms with Crippen LogP contribution < -0.4 is 0 Å². The van der Waals surface area contributed by atoms with Gasteiger partial charge in [0.1, 0.15) is 18.1 Å². The van der Waals surface area contributed by atoms with Gasteiger partial charge in [-0.05, 0) is 30.2 Å². The molecule has 0 atom stereocenters. The molecule has 0 amide bonds. The molecule has 0 radical (unpaired) electrons. The molecular weight excluding hydrogens is 304 g/mol. The van der Waals surface area contributed by atoms with E-state index >= 15 is 0 Å². The van der Waals surface area contributed by atoms with Crippen LogP contribution in [-0.2, 0) is 26.2 Å². The number of furan rings is 1. The molecule has 3 rings (SSSR count). The van der Waals surface area contributed by atoms with E-state index in [4.69, 9.17) is 9.52 Å². The van der Waals surface area contributed by atoms with Crippen LogP contribution in [-0.4, -0.2) is 31.1 Å². The summed E-state index contributed by atoms with van der Waals surface area (Å²) in [6.45, 7) is 3.32. The lowest BCUT2D eigenvalue weighted by Gasteiger charge is -2.21. The van der Waals surface area contributed by atoms with E-state index in [-0.39, 0.29) is 6.61 Å². The Morgan fingerprint density at radius 3 is 2.71 bits per heavy atom. The molecule has 0 aromatic carbocycles.